The minimum Gasteiger partial charge on any atom is -0.452 e. The summed E-state index contributed by atoms with van der Waals surface area (Å²) in [4.78, 5) is 9.50. The number of benzene rings is 8. The lowest BCUT2D eigenvalue weighted by molar-refractivity contribution is 0.667. The minimum absolute atomic E-state index is 0.695. The Balaban J connectivity index is 0.863. The quantitative estimate of drug-likeness (QED) is 0.175. The van der Waals surface area contributed by atoms with Crippen LogP contribution >= 0.6 is 22.7 Å². The molecule has 266 valence electrons. The minimum atomic E-state index is 0.695. The highest BCUT2D eigenvalue weighted by atomic mass is 32.1. The molecular formula is C52H30N2OS2. The molecule has 12 rings (SSSR count). The average molecular weight is 763 g/mol. The van der Waals surface area contributed by atoms with Crippen LogP contribution in [-0.4, -0.2) is 9.97 Å². The fourth-order valence-electron chi connectivity index (χ4n) is 8.44. The van der Waals surface area contributed by atoms with Crippen LogP contribution in [0.25, 0.3) is 118 Å². The van der Waals surface area contributed by atoms with E-state index in [-0.39, 0.29) is 0 Å². The molecule has 8 aromatic carbocycles. The van der Waals surface area contributed by atoms with E-state index in [1.54, 1.807) is 6.33 Å². The predicted octanol–water partition coefficient (Wildman–Crippen LogP) is 15.4. The summed E-state index contributed by atoms with van der Waals surface area (Å²) in [6.45, 7) is 0. The Kier molecular flexibility index (Phi) is 7.27. The van der Waals surface area contributed by atoms with E-state index in [1.807, 2.05) is 22.7 Å². The van der Waals surface area contributed by atoms with E-state index in [0.29, 0.717) is 5.58 Å². The first-order valence-corrected chi connectivity index (χ1v) is 20.7. The van der Waals surface area contributed by atoms with E-state index in [1.165, 1.54) is 62.6 Å². The van der Waals surface area contributed by atoms with Crippen LogP contribution in [0, 0.1) is 0 Å². The van der Waals surface area contributed by atoms with E-state index in [4.69, 9.17) is 14.4 Å². The number of thiophene rings is 2. The zero-order valence-corrected chi connectivity index (χ0v) is 32.1. The highest BCUT2D eigenvalue weighted by Crippen LogP contribution is 2.42. The van der Waals surface area contributed by atoms with Gasteiger partial charge in [-0.1, -0.05) is 146 Å². The maximum atomic E-state index is 6.52. The molecule has 12 aromatic rings. The van der Waals surface area contributed by atoms with Crippen LogP contribution < -0.4 is 0 Å². The van der Waals surface area contributed by atoms with Gasteiger partial charge in [0.05, 0.1) is 0 Å². The number of nitrogens with zero attached hydrogens (tertiary/aromatic N) is 2. The first kappa shape index (κ1) is 32.3. The fraction of sp³-hybridized carbons (Fsp3) is 0. The van der Waals surface area contributed by atoms with Crippen LogP contribution in [0.5, 0.6) is 0 Å². The maximum absolute atomic E-state index is 6.52. The van der Waals surface area contributed by atoms with Crippen LogP contribution in [0.1, 0.15) is 0 Å². The lowest BCUT2D eigenvalue weighted by Crippen LogP contribution is -1.88. The van der Waals surface area contributed by atoms with Crippen LogP contribution in [0.15, 0.2) is 187 Å². The van der Waals surface area contributed by atoms with Gasteiger partial charge in [0.25, 0.3) is 0 Å². The van der Waals surface area contributed by atoms with Crippen LogP contribution in [0.3, 0.4) is 0 Å². The zero-order valence-electron chi connectivity index (χ0n) is 30.4. The van der Waals surface area contributed by atoms with E-state index in [9.17, 15) is 0 Å². The molecule has 0 aliphatic rings. The van der Waals surface area contributed by atoms with Gasteiger partial charge >= 0.3 is 0 Å². The second-order valence-corrected chi connectivity index (χ2v) is 16.6. The summed E-state index contributed by atoms with van der Waals surface area (Å²) in [5.74, 6) is 0. The summed E-state index contributed by atoms with van der Waals surface area (Å²) in [7, 11) is 0. The molecule has 4 aromatic heterocycles. The molecule has 0 aliphatic carbocycles. The standard InChI is InChI=1S/C52H30N2OS2/c1-3-16-46-40(10-1)42-14-6-12-38(51(42)56-46)33-22-18-31(19-23-33)35-8-5-9-37(28-35)48-50-49(54-30-53-48)44-29-36(26-27-45(44)55-50)32-20-24-34(25-21-32)39-13-7-15-43-41-11-2-4-17-47(41)57-52(39)43/h1-30H. The van der Waals surface area contributed by atoms with Crippen molar-refractivity contribution in [1.82, 2.24) is 9.97 Å². The summed E-state index contributed by atoms with van der Waals surface area (Å²) in [5, 5.41) is 6.24. The monoisotopic (exact) mass is 762 g/mol. The van der Waals surface area contributed by atoms with E-state index >= 15 is 0 Å². The Morgan fingerprint density at radius 3 is 1.51 bits per heavy atom. The Morgan fingerprint density at radius 2 is 0.877 bits per heavy atom. The van der Waals surface area contributed by atoms with Gasteiger partial charge in [-0.3, -0.25) is 0 Å². The number of fused-ring (bicyclic) bond motifs is 9. The van der Waals surface area contributed by atoms with Crippen LogP contribution in [0.2, 0.25) is 0 Å². The van der Waals surface area contributed by atoms with Gasteiger partial charge in [-0.25, -0.2) is 9.97 Å². The molecule has 57 heavy (non-hydrogen) atoms. The molecule has 0 N–H and O–H groups in total. The van der Waals surface area contributed by atoms with Gasteiger partial charge in [0, 0.05) is 51.3 Å². The molecule has 0 saturated heterocycles. The van der Waals surface area contributed by atoms with Gasteiger partial charge in [-0.2, -0.15) is 0 Å². The molecule has 0 fully saturated rings. The summed E-state index contributed by atoms with van der Waals surface area (Å²) in [5.41, 5.74) is 13.6. The number of rotatable bonds is 5. The number of hydrogen-bond donors (Lipinski definition) is 0. The van der Waals surface area contributed by atoms with Crippen molar-refractivity contribution >= 4 is 85.1 Å². The number of furan rings is 1. The van der Waals surface area contributed by atoms with Gasteiger partial charge in [0.15, 0.2) is 5.58 Å². The highest BCUT2D eigenvalue weighted by Gasteiger charge is 2.17. The van der Waals surface area contributed by atoms with E-state index in [0.717, 1.165) is 50.0 Å². The molecule has 0 atom stereocenters. The molecule has 0 spiro atoms. The molecule has 3 nitrogen and oxygen atoms in total. The Morgan fingerprint density at radius 1 is 0.368 bits per heavy atom. The van der Waals surface area contributed by atoms with Gasteiger partial charge in [-0.15, -0.1) is 22.7 Å². The molecule has 0 aliphatic heterocycles. The Labute approximate surface area is 335 Å². The molecule has 0 bridgehead atoms. The van der Waals surface area contributed by atoms with Gasteiger partial charge in [0.1, 0.15) is 23.1 Å². The molecule has 0 saturated carbocycles. The zero-order chi connectivity index (χ0) is 37.5. The lowest BCUT2D eigenvalue weighted by Gasteiger charge is -2.08. The SMILES string of the molecule is c1cc(-c2ccc(-c3cccc4c3sc3ccccc34)cc2)cc(-c2ncnc3c2oc2ccc(-c4ccc(-c5cccc6c5sc5ccccc56)cc4)cc23)c1. The van der Waals surface area contributed by atoms with Crippen molar-refractivity contribution in [3.63, 3.8) is 0 Å². The first-order chi connectivity index (χ1) is 28.2. The van der Waals surface area contributed by atoms with Gasteiger partial charge in [0.2, 0.25) is 0 Å². The van der Waals surface area contributed by atoms with E-state index in [2.05, 4.69) is 176 Å². The molecule has 0 amide bonds. The molecule has 5 heteroatoms. The fourth-order valence-corrected chi connectivity index (χ4v) is 10.9. The molecule has 0 radical (unpaired) electrons. The van der Waals surface area contributed by atoms with Crippen molar-refractivity contribution in [1.29, 1.82) is 0 Å². The van der Waals surface area contributed by atoms with E-state index < -0.39 is 0 Å². The first-order valence-electron chi connectivity index (χ1n) is 19.0. The summed E-state index contributed by atoms with van der Waals surface area (Å²) >= 11 is 3.73. The van der Waals surface area contributed by atoms with Crippen molar-refractivity contribution in [3.05, 3.63) is 182 Å². The normalized spacial score (nSPS) is 11.9. The molecule has 4 heterocycles. The third kappa shape index (κ3) is 5.24. The van der Waals surface area contributed by atoms with Crippen molar-refractivity contribution < 1.29 is 4.42 Å². The van der Waals surface area contributed by atoms with Crippen molar-refractivity contribution in [2.75, 3.05) is 0 Å². The average Bonchev–Trinajstić information content (AvgIpc) is 3.98. The number of hydrogen-bond acceptors (Lipinski definition) is 5. The maximum Gasteiger partial charge on any atom is 0.180 e. The number of aromatic nitrogens is 2. The lowest BCUT2D eigenvalue weighted by atomic mass is 9.97. The largest absolute Gasteiger partial charge is 0.452 e. The van der Waals surface area contributed by atoms with Crippen molar-refractivity contribution in [3.8, 4) is 55.8 Å². The van der Waals surface area contributed by atoms with Gasteiger partial charge in [-0.05, 0) is 74.8 Å². The topological polar surface area (TPSA) is 38.9 Å². The third-order valence-electron chi connectivity index (χ3n) is 11.3. The van der Waals surface area contributed by atoms with Crippen LogP contribution in [0.4, 0.5) is 0 Å². The smallest absolute Gasteiger partial charge is 0.180 e. The summed E-state index contributed by atoms with van der Waals surface area (Å²) in [6, 6.07) is 63.3. The van der Waals surface area contributed by atoms with Crippen LogP contribution in [-0.2, 0) is 0 Å². The predicted molar refractivity (Wildman–Crippen MR) is 242 cm³/mol. The Bertz CT molecular complexity index is 3520. The highest BCUT2D eigenvalue weighted by molar-refractivity contribution is 7.26. The van der Waals surface area contributed by atoms with Gasteiger partial charge < -0.3 is 4.42 Å². The summed E-state index contributed by atoms with van der Waals surface area (Å²) in [6.07, 6.45) is 1.65. The second-order valence-electron chi connectivity index (χ2n) is 14.5. The third-order valence-corrected chi connectivity index (χ3v) is 13.7. The molecular weight excluding hydrogens is 733 g/mol. The van der Waals surface area contributed by atoms with Crippen molar-refractivity contribution in [2.45, 2.75) is 0 Å². The van der Waals surface area contributed by atoms with Crippen molar-refractivity contribution in [2.24, 2.45) is 0 Å². The second kappa shape index (κ2) is 12.8. The molecule has 0 unspecified atom stereocenters. The Hall–Kier alpha value is -6.92. The summed E-state index contributed by atoms with van der Waals surface area (Å²) < 4.78 is 11.8.